The van der Waals surface area contributed by atoms with E-state index >= 15 is 0 Å². The van der Waals surface area contributed by atoms with Crippen LogP contribution in [-0.2, 0) is 14.3 Å². The summed E-state index contributed by atoms with van der Waals surface area (Å²) < 4.78 is 16.8. The molecule has 29 heavy (non-hydrogen) atoms. The average molecular weight is 407 g/mol. The first-order valence-corrected chi connectivity index (χ1v) is 11.1. The number of ether oxygens (including phenoxy) is 3. The Morgan fingerprint density at radius 2 is 1.45 bits per heavy atom. The highest BCUT2D eigenvalue weighted by molar-refractivity contribution is 6.00. The molecule has 0 spiro atoms. The van der Waals surface area contributed by atoms with E-state index in [1.807, 2.05) is 33.8 Å². The number of hydrogen-bond acceptors (Lipinski definition) is 5. The van der Waals surface area contributed by atoms with Crippen LogP contribution in [0.1, 0.15) is 86.0 Å². The van der Waals surface area contributed by atoms with Crippen LogP contribution in [0.5, 0.6) is 11.5 Å². The fraction of sp³-hybridized carbons (Fsp3) is 0.667. The SMILES string of the molecule is CCCCCCCCOC(=O)C(CC)(CC)C(=O)Oc1ccccc1OC(C)C. The Bertz CT molecular complexity index is 619. The molecule has 164 valence electrons. The molecule has 0 bridgehead atoms. The van der Waals surface area contributed by atoms with E-state index in [4.69, 9.17) is 14.2 Å². The summed E-state index contributed by atoms with van der Waals surface area (Å²) in [6.45, 7) is 9.96. The van der Waals surface area contributed by atoms with Crippen molar-refractivity contribution in [2.45, 2.75) is 92.1 Å². The Hall–Kier alpha value is -2.04. The lowest BCUT2D eigenvalue weighted by molar-refractivity contribution is -0.168. The van der Waals surface area contributed by atoms with Gasteiger partial charge in [-0.15, -0.1) is 0 Å². The number of esters is 2. The van der Waals surface area contributed by atoms with Crippen molar-refractivity contribution < 1.29 is 23.8 Å². The molecule has 0 aliphatic carbocycles. The largest absolute Gasteiger partial charge is 0.487 e. The van der Waals surface area contributed by atoms with Crippen LogP contribution in [0.4, 0.5) is 0 Å². The van der Waals surface area contributed by atoms with Crippen molar-refractivity contribution in [2.24, 2.45) is 5.41 Å². The molecule has 0 fully saturated rings. The average Bonchev–Trinajstić information content (AvgIpc) is 2.70. The van der Waals surface area contributed by atoms with Crippen LogP contribution in [0.3, 0.4) is 0 Å². The summed E-state index contributed by atoms with van der Waals surface area (Å²) in [4.78, 5) is 25.8. The van der Waals surface area contributed by atoms with E-state index in [0.29, 0.717) is 30.9 Å². The molecular weight excluding hydrogens is 368 g/mol. The lowest BCUT2D eigenvalue weighted by atomic mass is 9.82. The highest BCUT2D eigenvalue weighted by atomic mass is 16.6. The minimum Gasteiger partial charge on any atom is -0.487 e. The lowest BCUT2D eigenvalue weighted by Gasteiger charge is -2.27. The first-order valence-electron chi connectivity index (χ1n) is 11.1. The van der Waals surface area contributed by atoms with Gasteiger partial charge < -0.3 is 14.2 Å². The van der Waals surface area contributed by atoms with Gasteiger partial charge in [-0.2, -0.15) is 0 Å². The molecule has 1 aromatic carbocycles. The molecule has 1 aromatic rings. The maximum Gasteiger partial charge on any atom is 0.328 e. The Morgan fingerprint density at radius 1 is 0.862 bits per heavy atom. The van der Waals surface area contributed by atoms with Gasteiger partial charge in [-0.05, 0) is 45.2 Å². The molecule has 0 saturated carbocycles. The quantitative estimate of drug-likeness (QED) is 0.162. The predicted molar refractivity (Wildman–Crippen MR) is 115 cm³/mol. The van der Waals surface area contributed by atoms with E-state index in [9.17, 15) is 9.59 Å². The summed E-state index contributed by atoms with van der Waals surface area (Å²) in [5.41, 5.74) is -1.30. The van der Waals surface area contributed by atoms with E-state index in [2.05, 4.69) is 6.92 Å². The molecule has 0 N–H and O–H groups in total. The Morgan fingerprint density at radius 3 is 2.03 bits per heavy atom. The molecule has 0 aliphatic rings. The third kappa shape index (κ3) is 7.71. The van der Waals surface area contributed by atoms with Crippen LogP contribution in [0.25, 0.3) is 0 Å². The Labute approximate surface area is 176 Å². The smallest absolute Gasteiger partial charge is 0.328 e. The van der Waals surface area contributed by atoms with Gasteiger partial charge in [-0.25, -0.2) is 0 Å². The van der Waals surface area contributed by atoms with Crippen LogP contribution < -0.4 is 9.47 Å². The number of rotatable bonds is 14. The third-order valence-corrected chi connectivity index (χ3v) is 5.13. The highest BCUT2D eigenvalue weighted by Gasteiger charge is 2.46. The normalized spacial score (nSPS) is 11.4. The van der Waals surface area contributed by atoms with E-state index < -0.39 is 17.4 Å². The summed E-state index contributed by atoms with van der Waals surface area (Å²) in [7, 11) is 0. The molecule has 0 saturated heterocycles. The van der Waals surface area contributed by atoms with E-state index in [0.717, 1.165) is 19.3 Å². The van der Waals surface area contributed by atoms with Gasteiger partial charge in [-0.1, -0.05) is 65.0 Å². The lowest BCUT2D eigenvalue weighted by Crippen LogP contribution is -2.42. The van der Waals surface area contributed by atoms with Gasteiger partial charge in [0.15, 0.2) is 16.9 Å². The molecule has 0 unspecified atom stereocenters. The summed E-state index contributed by atoms with van der Waals surface area (Å²) in [5, 5.41) is 0. The van der Waals surface area contributed by atoms with Crippen molar-refractivity contribution in [3.8, 4) is 11.5 Å². The van der Waals surface area contributed by atoms with Gasteiger partial charge in [0.1, 0.15) is 0 Å². The summed E-state index contributed by atoms with van der Waals surface area (Å²) in [6.07, 6.45) is 7.24. The molecule has 5 heteroatoms. The number of unbranched alkanes of at least 4 members (excludes halogenated alkanes) is 5. The molecule has 0 radical (unpaired) electrons. The summed E-state index contributed by atoms with van der Waals surface area (Å²) in [5.74, 6) is -0.280. The van der Waals surface area contributed by atoms with Crippen molar-refractivity contribution in [3.05, 3.63) is 24.3 Å². The van der Waals surface area contributed by atoms with Crippen molar-refractivity contribution >= 4 is 11.9 Å². The van der Waals surface area contributed by atoms with Crippen LogP contribution in [0, 0.1) is 5.41 Å². The number of carbonyl (C=O) groups excluding carboxylic acids is 2. The number of carbonyl (C=O) groups is 2. The molecule has 0 atom stereocenters. The first-order chi connectivity index (χ1) is 13.9. The number of benzene rings is 1. The van der Waals surface area contributed by atoms with E-state index in [1.165, 1.54) is 19.3 Å². The Balaban J connectivity index is 2.74. The zero-order chi connectivity index (χ0) is 21.7. The van der Waals surface area contributed by atoms with Gasteiger partial charge in [-0.3, -0.25) is 9.59 Å². The second-order valence-corrected chi connectivity index (χ2v) is 7.70. The van der Waals surface area contributed by atoms with Gasteiger partial charge in [0, 0.05) is 0 Å². The van der Waals surface area contributed by atoms with Crippen molar-refractivity contribution in [1.29, 1.82) is 0 Å². The zero-order valence-electron chi connectivity index (χ0n) is 18.8. The van der Waals surface area contributed by atoms with E-state index in [1.54, 1.807) is 18.2 Å². The maximum absolute atomic E-state index is 13.0. The fourth-order valence-electron chi connectivity index (χ4n) is 3.18. The van der Waals surface area contributed by atoms with Crippen LogP contribution in [-0.4, -0.2) is 24.6 Å². The second kappa shape index (κ2) is 13.2. The number of hydrogen-bond donors (Lipinski definition) is 0. The van der Waals surface area contributed by atoms with Crippen LogP contribution in [0.15, 0.2) is 24.3 Å². The number of para-hydroxylation sites is 2. The summed E-state index contributed by atoms with van der Waals surface area (Å²) in [6, 6.07) is 7.01. The van der Waals surface area contributed by atoms with Gasteiger partial charge in [0.25, 0.3) is 0 Å². The first kappa shape index (κ1) is 25.0. The third-order valence-electron chi connectivity index (χ3n) is 5.13. The summed E-state index contributed by atoms with van der Waals surface area (Å²) >= 11 is 0. The van der Waals surface area contributed by atoms with Crippen molar-refractivity contribution in [1.82, 2.24) is 0 Å². The second-order valence-electron chi connectivity index (χ2n) is 7.70. The Kier molecular flexibility index (Phi) is 11.4. The van der Waals surface area contributed by atoms with Crippen molar-refractivity contribution in [3.63, 3.8) is 0 Å². The maximum atomic E-state index is 13.0. The molecule has 0 heterocycles. The molecule has 0 aromatic heterocycles. The highest BCUT2D eigenvalue weighted by Crippen LogP contribution is 2.34. The fourth-order valence-corrected chi connectivity index (χ4v) is 3.18. The van der Waals surface area contributed by atoms with Gasteiger partial charge in [0.2, 0.25) is 0 Å². The minimum atomic E-state index is -1.30. The zero-order valence-corrected chi connectivity index (χ0v) is 18.8. The molecule has 5 nitrogen and oxygen atoms in total. The van der Waals surface area contributed by atoms with Crippen LogP contribution in [0.2, 0.25) is 0 Å². The van der Waals surface area contributed by atoms with Crippen LogP contribution >= 0.6 is 0 Å². The van der Waals surface area contributed by atoms with Crippen molar-refractivity contribution in [2.75, 3.05) is 6.61 Å². The van der Waals surface area contributed by atoms with E-state index in [-0.39, 0.29) is 6.10 Å². The monoisotopic (exact) mass is 406 g/mol. The molecule has 0 amide bonds. The molecular formula is C24H38O5. The van der Waals surface area contributed by atoms with Gasteiger partial charge in [0.05, 0.1) is 12.7 Å². The minimum absolute atomic E-state index is 0.0562. The molecule has 1 rings (SSSR count). The standard InChI is InChI=1S/C24H38O5/c1-6-9-10-11-12-15-18-27-22(25)24(7-2,8-3)23(26)29-21-17-14-13-16-20(21)28-19(4)5/h13-14,16-17,19H,6-12,15,18H2,1-5H3. The topological polar surface area (TPSA) is 61.8 Å². The predicted octanol–water partition coefficient (Wildman–Crippen LogP) is 6.09. The molecule has 0 aliphatic heterocycles. The van der Waals surface area contributed by atoms with Gasteiger partial charge >= 0.3 is 11.9 Å².